The summed E-state index contributed by atoms with van der Waals surface area (Å²) < 4.78 is 0. The van der Waals surface area contributed by atoms with E-state index in [0.717, 1.165) is 30.2 Å². The molecule has 4 heteroatoms. The summed E-state index contributed by atoms with van der Waals surface area (Å²) in [7, 11) is 2.19. The minimum atomic E-state index is -0.0102. The predicted octanol–water partition coefficient (Wildman–Crippen LogP) is 2.40. The lowest BCUT2D eigenvalue weighted by Gasteiger charge is -2.43. The summed E-state index contributed by atoms with van der Waals surface area (Å²) in [5, 5.41) is 9.54. The number of anilines is 1. The van der Waals surface area contributed by atoms with E-state index in [1.54, 1.807) is 0 Å². The molecule has 1 saturated heterocycles. The second kappa shape index (κ2) is 5.93. The second-order valence-corrected chi connectivity index (χ2v) is 7.40. The van der Waals surface area contributed by atoms with Gasteiger partial charge in [0, 0.05) is 36.3 Å². The molecule has 4 nitrogen and oxygen atoms in total. The number of aliphatic hydroxyl groups excluding tert-OH is 1. The predicted molar refractivity (Wildman–Crippen MR) is 87.8 cm³/mol. The maximum Gasteiger partial charge on any atom is 0.129 e. The molecule has 2 atom stereocenters. The normalized spacial score (nSPS) is 24.4. The van der Waals surface area contributed by atoms with Crippen LogP contribution in [-0.2, 0) is 12.0 Å². The van der Waals surface area contributed by atoms with Gasteiger partial charge in [-0.3, -0.25) is 4.90 Å². The largest absolute Gasteiger partial charge is 0.392 e. The first-order valence-corrected chi connectivity index (χ1v) is 7.81. The van der Waals surface area contributed by atoms with Crippen LogP contribution in [0.5, 0.6) is 0 Å². The van der Waals surface area contributed by atoms with E-state index in [0.29, 0.717) is 12.1 Å². The van der Waals surface area contributed by atoms with Crippen LogP contribution in [0, 0.1) is 0 Å². The highest BCUT2D eigenvalue weighted by Crippen LogP contribution is 2.27. The Balaban J connectivity index is 2.35. The van der Waals surface area contributed by atoms with Crippen LogP contribution in [0.1, 0.15) is 45.9 Å². The molecule has 0 radical (unpaired) electrons. The SMILES string of the molecule is CC1CN(c2cc(CO)cc(C(C)(C)C)n2)CC(C)N1C. The maximum absolute atomic E-state index is 9.54. The Morgan fingerprint density at radius 3 is 2.24 bits per heavy atom. The minimum absolute atomic E-state index is 0.0102. The van der Waals surface area contributed by atoms with Gasteiger partial charge in [-0.05, 0) is 38.6 Å². The second-order valence-electron chi connectivity index (χ2n) is 7.40. The van der Waals surface area contributed by atoms with Crippen LogP contribution in [0.2, 0.25) is 0 Å². The molecule has 1 aromatic rings. The third-order valence-corrected chi connectivity index (χ3v) is 4.51. The third-order valence-electron chi connectivity index (χ3n) is 4.51. The minimum Gasteiger partial charge on any atom is -0.392 e. The summed E-state index contributed by atoms with van der Waals surface area (Å²) >= 11 is 0. The fourth-order valence-electron chi connectivity index (χ4n) is 2.80. The zero-order valence-electron chi connectivity index (χ0n) is 14.2. The van der Waals surface area contributed by atoms with Gasteiger partial charge in [-0.15, -0.1) is 0 Å². The summed E-state index contributed by atoms with van der Waals surface area (Å²) in [6.45, 7) is 13.0. The van der Waals surface area contributed by atoms with Crippen LogP contribution in [0.3, 0.4) is 0 Å². The van der Waals surface area contributed by atoms with Crippen molar-refractivity contribution < 1.29 is 5.11 Å². The van der Waals surface area contributed by atoms with Crippen molar-refractivity contribution in [2.24, 2.45) is 0 Å². The van der Waals surface area contributed by atoms with E-state index in [1.165, 1.54) is 0 Å². The first kappa shape index (κ1) is 16.2. The molecule has 21 heavy (non-hydrogen) atoms. The fourth-order valence-corrected chi connectivity index (χ4v) is 2.80. The van der Waals surface area contributed by atoms with E-state index >= 15 is 0 Å². The van der Waals surface area contributed by atoms with E-state index in [-0.39, 0.29) is 12.0 Å². The number of hydrogen-bond donors (Lipinski definition) is 1. The Labute approximate surface area is 128 Å². The quantitative estimate of drug-likeness (QED) is 0.908. The standard InChI is InChI=1S/C17H29N3O/c1-12-9-20(10-13(2)19(12)6)16-8-14(11-21)7-15(18-16)17(3,4)5/h7-8,12-13,21H,9-11H2,1-6H3. The number of aromatic nitrogens is 1. The maximum atomic E-state index is 9.54. The Morgan fingerprint density at radius 1 is 1.19 bits per heavy atom. The average Bonchev–Trinajstić information content (AvgIpc) is 2.42. The summed E-state index contributed by atoms with van der Waals surface area (Å²) in [6.07, 6.45) is 0. The molecule has 0 spiro atoms. The van der Waals surface area contributed by atoms with Crippen molar-refractivity contribution in [3.63, 3.8) is 0 Å². The summed E-state index contributed by atoms with van der Waals surface area (Å²) in [4.78, 5) is 9.63. The van der Waals surface area contributed by atoms with Gasteiger partial charge in [0.2, 0.25) is 0 Å². The molecule has 1 fully saturated rings. The first-order chi connectivity index (χ1) is 9.72. The van der Waals surface area contributed by atoms with E-state index in [2.05, 4.69) is 51.5 Å². The highest BCUT2D eigenvalue weighted by Gasteiger charge is 2.28. The van der Waals surface area contributed by atoms with Gasteiger partial charge in [-0.2, -0.15) is 0 Å². The van der Waals surface area contributed by atoms with Gasteiger partial charge in [0.05, 0.1) is 6.61 Å². The number of likely N-dealkylation sites (N-methyl/N-ethyl adjacent to an activating group) is 1. The molecular formula is C17H29N3O. The highest BCUT2D eigenvalue weighted by atomic mass is 16.3. The summed E-state index contributed by atoms with van der Waals surface area (Å²) in [5.74, 6) is 0.998. The van der Waals surface area contributed by atoms with Gasteiger partial charge < -0.3 is 10.0 Å². The number of aliphatic hydroxyl groups is 1. The van der Waals surface area contributed by atoms with Crippen LogP contribution in [0.25, 0.3) is 0 Å². The van der Waals surface area contributed by atoms with Gasteiger partial charge in [0.1, 0.15) is 5.82 Å². The van der Waals surface area contributed by atoms with Crippen molar-refractivity contribution in [3.05, 3.63) is 23.4 Å². The van der Waals surface area contributed by atoms with Gasteiger partial charge in [-0.1, -0.05) is 20.8 Å². The summed E-state index contributed by atoms with van der Waals surface area (Å²) in [5.41, 5.74) is 1.98. The van der Waals surface area contributed by atoms with Gasteiger partial charge in [0.15, 0.2) is 0 Å². The van der Waals surface area contributed by atoms with Crippen molar-refractivity contribution in [3.8, 4) is 0 Å². The zero-order chi connectivity index (χ0) is 15.8. The third kappa shape index (κ3) is 3.55. The number of rotatable bonds is 2. The number of pyridine rings is 1. The molecule has 2 unspecified atom stereocenters. The van der Waals surface area contributed by atoms with Crippen molar-refractivity contribution >= 4 is 5.82 Å². The Hall–Kier alpha value is -1.13. The molecule has 118 valence electrons. The molecule has 1 aromatic heterocycles. The van der Waals surface area contributed by atoms with Crippen molar-refractivity contribution in [2.75, 3.05) is 25.0 Å². The average molecular weight is 291 g/mol. The van der Waals surface area contributed by atoms with E-state index in [9.17, 15) is 5.11 Å². The van der Waals surface area contributed by atoms with E-state index in [4.69, 9.17) is 4.98 Å². The van der Waals surface area contributed by atoms with E-state index < -0.39 is 0 Å². The molecule has 2 rings (SSSR count). The highest BCUT2D eigenvalue weighted by molar-refractivity contribution is 5.45. The van der Waals surface area contributed by atoms with Crippen molar-refractivity contribution in [1.82, 2.24) is 9.88 Å². The van der Waals surface area contributed by atoms with Gasteiger partial charge in [-0.25, -0.2) is 4.98 Å². The molecule has 1 aliphatic heterocycles. The Morgan fingerprint density at radius 2 is 1.76 bits per heavy atom. The van der Waals surface area contributed by atoms with E-state index in [1.807, 2.05) is 12.1 Å². The first-order valence-electron chi connectivity index (χ1n) is 7.81. The topological polar surface area (TPSA) is 39.6 Å². The molecule has 2 heterocycles. The lowest BCUT2D eigenvalue weighted by molar-refractivity contribution is 0.169. The van der Waals surface area contributed by atoms with Crippen LogP contribution < -0.4 is 4.90 Å². The molecule has 0 aromatic carbocycles. The van der Waals surface area contributed by atoms with Crippen LogP contribution in [-0.4, -0.2) is 47.2 Å². The van der Waals surface area contributed by atoms with Crippen LogP contribution in [0.4, 0.5) is 5.82 Å². The van der Waals surface area contributed by atoms with Crippen molar-refractivity contribution in [2.45, 2.75) is 58.7 Å². The molecule has 0 amide bonds. The fraction of sp³-hybridized carbons (Fsp3) is 0.706. The van der Waals surface area contributed by atoms with Gasteiger partial charge in [0.25, 0.3) is 0 Å². The summed E-state index contributed by atoms with van der Waals surface area (Å²) in [6, 6.07) is 5.06. The monoisotopic (exact) mass is 291 g/mol. The zero-order valence-corrected chi connectivity index (χ0v) is 14.2. The smallest absolute Gasteiger partial charge is 0.129 e. The van der Waals surface area contributed by atoms with Crippen molar-refractivity contribution in [1.29, 1.82) is 0 Å². The lowest BCUT2D eigenvalue weighted by Crippen LogP contribution is -2.55. The van der Waals surface area contributed by atoms with Gasteiger partial charge >= 0.3 is 0 Å². The lowest BCUT2D eigenvalue weighted by atomic mass is 9.90. The number of nitrogens with zero attached hydrogens (tertiary/aromatic N) is 3. The molecular weight excluding hydrogens is 262 g/mol. The Kier molecular flexibility index (Phi) is 4.59. The van der Waals surface area contributed by atoms with Crippen LogP contribution >= 0.6 is 0 Å². The molecule has 0 saturated carbocycles. The molecule has 0 bridgehead atoms. The number of piperazine rings is 1. The molecule has 1 N–H and O–H groups in total. The molecule has 0 aliphatic carbocycles. The Bertz CT molecular complexity index is 483. The van der Waals surface area contributed by atoms with Crippen LogP contribution in [0.15, 0.2) is 12.1 Å². The number of hydrogen-bond acceptors (Lipinski definition) is 4. The molecule has 1 aliphatic rings.